The molecule has 0 spiro atoms. The Kier molecular flexibility index (Phi) is 9.40. The van der Waals surface area contributed by atoms with Crippen LogP contribution in [0.4, 0.5) is 0 Å². The standard InChI is InChI=1S/C20H29.CH3.2ClH.Ti/c1-12-13(2)15(4)20(14(12)3)16(5)18-11-10-17-8-6-7-9-19(17)18;;;;/h6-9,12,14-16,18,20H,10-11H2,1-5H3;1H3;2*1H;/q2*-1;;;+2/p-2/t12-,14?,15?,16+,18-,20-;;;;/m1..../s1. The SMILES string of the molecule is C[C-]1C(C)[C@H]([C@@H](C)[C@H]2CCc3ccccc32)C(C)[C@@H]1C.[CH3-].[Cl][Ti][Cl]. The zero-order chi connectivity index (χ0) is 17.1. The van der Waals surface area contributed by atoms with Gasteiger partial charge in [0, 0.05) is 0 Å². The van der Waals surface area contributed by atoms with Crippen LogP contribution in [-0.2, 0) is 23.5 Å². The Bertz CT molecular complexity index is 490. The van der Waals surface area contributed by atoms with E-state index in [4.69, 9.17) is 18.6 Å². The predicted octanol–water partition coefficient (Wildman–Crippen LogP) is 7.31. The number of benzene rings is 1. The van der Waals surface area contributed by atoms with Gasteiger partial charge in [0.25, 0.3) is 0 Å². The fraction of sp³-hybridized carbons (Fsp3) is 0.619. The van der Waals surface area contributed by atoms with Crippen LogP contribution in [0.15, 0.2) is 24.3 Å². The van der Waals surface area contributed by atoms with Crippen molar-refractivity contribution in [1.29, 1.82) is 0 Å². The maximum absolute atomic E-state index is 4.89. The Labute approximate surface area is 166 Å². The van der Waals surface area contributed by atoms with Gasteiger partial charge < -0.3 is 13.3 Å². The van der Waals surface area contributed by atoms with E-state index < -0.39 is 17.0 Å². The first kappa shape index (κ1) is 22.6. The Morgan fingerprint density at radius 1 is 1.12 bits per heavy atom. The summed E-state index contributed by atoms with van der Waals surface area (Å²) in [7, 11) is 9.78. The van der Waals surface area contributed by atoms with Crippen LogP contribution in [0.3, 0.4) is 0 Å². The number of hydrogen-bond acceptors (Lipinski definition) is 0. The van der Waals surface area contributed by atoms with Gasteiger partial charge in [0.2, 0.25) is 0 Å². The summed E-state index contributed by atoms with van der Waals surface area (Å²) >= 11 is -0.556. The average Bonchev–Trinajstić information content (AvgIpc) is 3.04. The number of rotatable bonds is 2. The van der Waals surface area contributed by atoms with E-state index in [0.717, 1.165) is 35.5 Å². The van der Waals surface area contributed by atoms with Crippen molar-refractivity contribution in [3.63, 3.8) is 0 Å². The molecule has 2 unspecified atom stereocenters. The molecule has 0 amide bonds. The van der Waals surface area contributed by atoms with Gasteiger partial charge in [-0.25, -0.2) is 0 Å². The molecule has 0 aliphatic heterocycles. The van der Waals surface area contributed by atoms with Crippen LogP contribution in [0.2, 0.25) is 0 Å². The van der Waals surface area contributed by atoms with Crippen molar-refractivity contribution in [1.82, 2.24) is 0 Å². The minimum atomic E-state index is -0.556. The molecule has 0 saturated heterocycles. The van der Waals surface area contributed by atoms with Crippen molar-refractivity contribution < 1.29 is 17.0 Å². The Morgan fingerprint density at radius 2 is 1.71 bits per heavy atom. The molecule has 1 aromatic rings. The fourth-order valence-corrected chi connectivity index (χ4v) is 5.26. The van der Waals surface area contributed by atoms with E-state index in [1.54, 1.807) is 17.0 Å². The van der Waals surface area contributed by atoms with Crippen molar-refractivity contribution in [3.05, 3.63) is 48.7 Å². The average molecular weight is 403 g/mol. The minimum absolute atomic E-state index is 0. The molecule has 0 nitrogen and oxygen atoms in total. The predicted molar refractivity (Wildman–Crippen MR) is 105 cm³/mol. The maximum atomic E-state index is 4.89. The van der Waals surface area contributed by atoms with Crippen LogP contribution >= 0.6 is 18.6 Å². The van der Waals surface area contributed by atoms with Crippen LogP contribution in [0.1, 0.15) is 58.1 Å². The van der Waals surface area contributed by atoms with Crippen LogP contribution in [-0.4, -0.2) is 0 Å². The molecule has 0 bridgehead atoms. The van der Waals surface area contributed by atoms with Gasteiger partial charge in [-0.15, -0.1) is 0 Å². The number of fused-ring (bicyclic) bond motifs is 1. The summed E-state index contributed by atoms with van der Waals surface area (Å²) < 4.78 is 0. The zero-order valence-electron chi connectivity index (χ0n) is 15.9. The molecule has 136 valence electrons. The van der Waals surface area contributed by atoms with Crippen molar-refractivity contribution in [2.45, 2.75) is 53.4 Å². The second-order valence-corrected chi connectivity index (χ2v) is 10.1. The van der Waals surface area contributed by atoms with Gasteiger partial charge in [0.1, 0.15) is 0 Å². The Hall–Kier alpha value is 0.514. The molecule has 1 aromatic carbocycles. The summed E-state index contributed by atoms with van der Waals surface area (Å²) in [4.78, 5) is 0. The fourth-order valence-electron chi connectivity index (χ4n) is 5.26. The molecule has 0 aromatic heterocycles. The van der Waals surface area contributed by atoms with Gasteiger partial charge >= 0.3 is 35.6 Å². The van der Waals surface area contributed by atoms with Gasteiger partial charge in [0.15, 0.2) is 0 Å². The van der Waals surface area contributed by atoms with E-state index in [1.165, 1.54) is 12.8 Å². The van der Waals surface area contributed by atoms with Gasteiger partial charge in [-0.05, 0) is 35.8 Å². The summed E-state index contributed by atoms with van der Waals surface area (Å²) in [6.45, 7) is 12.3. The molecule has 1 saturated carbocycles. The van der Waals surface area contributed by atoms with Crippen molar-refractivity contribution >= 4 is 18.6 Å². The third-order valence-corrected chi connectivity index (χ3v) is 6.83. The zero-order valence-corrected chi connectivity index (χ0v) is 19.0. The van der Waals surface area contributed by atoms with Crippen LogP contribution < -0.4 is 0 Å². The van der Waals surface area contributed by atoms with Crippen molar-refractivity contribution in [2.24, 2.45) is 29.6 Å². The van der Waals surface area contributed by atoms with E-state index in [0.29, 0.717) is 0 Å². The number of hydrogen-bond donors (Lipinski definition) is 0. The molecule has 0 radical (unpaired) electrons. The van der Waals surface area contributed by atoms with Crippen LogP contribution in [0.25, 0.3) is 0 Å². The molecule has 0 N–H and O–H groups in total. The topological polar surface area (TPSA) is 0 Å². The summed E-state index contributed by atoms with van der Waals surface area (Å²) in [5.74, 6) is 6.63. The Morgan fingerprint density at radius 3 is 2.25 bits per heavy atom. The molecule has 1 fully saturated rings. The van der Waals surface area contributed by atoms with Crippen molar-refractivity contribution in [3.8, 4) is 0 Å². The number of aryl methyl sites for hydroxylation is 1. The molecule has 6 atom stereocenters. The molecular formula is C21H32Cl2Ti-2. The first-order valence-corrected chi connectivity index (χ1v) is 13.1. The molecule has 24 heavy (non-hydrogen) atoms. The normalized spacial score (nSPS) is 33.0. The molecule has 2 aliphatic carbocycles. The monoisotopic (exact) mass is 402 g/mol. The first-order chi connectivity index (χ1) is 10.9. The summed E-state index contributed by atoms with van der Waals surface area (Å²) in [5.41, 5.74) is 3.26. The quantitative estimate of drug-likeness (QED) is 0.359. The van der Waals surface area contributed by atoms with E-state index >= 15 is 0 Å². The van der Waals surface area contributed by atoms with Crippen LogP contribution in [0.5, 0.6) is 0 Å². The molecular weight excluding hydrogens is 371 g/mol. The van der Waals surface area contributed by atoms with Gasteiger partial charge in [-0.1, -0.05) is 63.8 Å². The molecule has 3 heteroatoms. The summed E-state index contributed by atoms with van der Waals surface area (Å²) in [6, 6.07) is 9.15. The van der Waals surface area contributed by atoms with E-state index in [9.17, 15) is 0 Å². The molecule has 0 heterocycles. The molecule has 2 aliphatic rings. The summed E-state index contributed by atoms with van der Waals surface area (Å²) in [5, 5.41) is 0. The molecule has 3 rings (SSSR count). The van der Waals surface area contributed by atoms with E-state index in [2.05, 4.69) is 58.9 Å². The third-order valence-electron chi connectivity index (χ3n) is 6.83. The van der Waals surface area contributed by atoms with Gasteiger partial charge in [-0.2, -0.15) is 18.8 Å². The van der Waals surface area contributed by atoms with Gasteiger partial charge in [0.05, 0.1) is 0 Å². The summed E-state index contributed by atoms with van der Waals surface area (Å²) in [6.07, 6.45) is 2.66. The van der Waals surface area contributed by atoms with Crippen molar-refractivity contribution in [2.75, 3.05) is 0 Å². The van der Waals surface area contributed by atoms with Crippen LogP contribution in [0, 0.1) is 42.9 Å². The number of halogens is 2. The van der Waals surface area contributed by atoms with Gasteiger partial charge in [-0.3, -0.25) is 0 Å². The van der Waals surface area contributed by atoms with E-state index in [1.807, 2.05) is 0 Å². The third kappa shape index (κ3) is 4.43. The second-order valence-electron chi connectivity index (χ2n) is 7.53. The Balaban J connectivity index is 0.000000671. The first-order valence-electron chi connectivity index (χ1n) is 8.81. The second kappa shape index (κ2) is 10.0. The van der Waals surface area contributed by atoms with E-state index in [-0.39, 0.29) is 7.43 Å².